The second-order valence-electron chi connectivity index (χ2n) is 3.43. The number of hydrogen-bond acceptors (Lipinski definition) is 4. The van der Waals surface area contributed by atoms with Crippen molar-refractivity contribution in [2.24, 2.45) is 0 Å². The SMILES string of the molecule is CCN(CC)C(=O)CNCC(=O)NCCC#N. The van der Waals surface area contributed by atoms with Gasteiger partial charge in [-0.05, 0) is 13.8 Å². The van der Waals surface area contributed by atoms with E-state index in [1.807, 2.05) is 19.9 Å². The van der Waals surface area contributed by atoms with Crippen LogP contribution in [0, 0.1) is 11.3 Å². The van der Waals surface area contributed by atoms with Crippen molar-refractivity contribution in [3.8, 4) is 6.07 Å². The van der Waals surface area contributed by atoms with Crippen LogP contribution in [0.2, 0.25) is 0 Å². The molecule has 0 aromatic carbocycles. The summed E-state index contributed by atoms with van der Waals surface area (Å²) in [5, 5.41) is 13.6. The van der Waals surface area contributed by atoms with Crippen molar-refractivity contribution in [1.29, 1.82) is 5.26 Å². The van der Waals surface area contributed by atoms with E-state index in [4.69, 9.17) is 5.26 Å². The van der Waals surface area contributed by atoms with E-state index in [2.05, 4.69) is 10.6 Å². The van der Waals surface area contributed by atoms with Crippen LogP contribution in [-0.2, 0) is 9.59 Å². The predicted molar refractivity (Wildman–Crippen MR) is 64.0 cm³/mol. The maximum atomic E-state index is 11.5. The number of carbonyl (C=O) groups excluding carboxylic acids is 2. The fourth-order valence-corrected chi connectivity index (χ4v) is 1.29. The first-order chi connectivity index (χ1) is 8.15. The molecule has 0 aliphatic heterocycles. The Morgan fingerprint density at radius 3 is 2.41 bits per heavy atom. The Balaban J connectivity index is 3.66. The Kier molecular flexibility index (Phi) is 8.69. The molecule has 96 valence electrons. The summed E-state index contributed by atoms with van der Waals surface area (Å²) in [6.45, 7) is 5.77. The van der Waals surface area contributed by atoms with Gasteiger partial charge in [0.2, 0.25) is 11.8 Å². The minimum Gasteiger partial charge on any atom is -0.354 e. The highest BCUT2D eigenvalue weighted by atomic mass is 16.2. The number of nitriles is 1. The van der Waals surface area contributed by atoms with E-state index >= 15 is 0 Å². The van der Waals surface area contributed by atoms with Crippen LogP contribution in [0.3, 0.4) is 0 Å². The van der Waals surface area contributed by atoms with Gasteiger partial charge in [-0.15, -0.1) is 0 Å². The van der Waals surface area contributed by atoms with Crippen molar-refractivity contribution < 1.29 is 9.59 Å². The fraction of sp³-hybridized carbons (Fsp3) is 0.727. The Hall–Kier alpha value is -1.61. The molecule has 2 amide bonds. The first-order valence-corrected chi connectivity index (χ1v) is 5.77. The molecular formula is C11H20N4O2. The standard InChI is InChI=1S/C11H20N4O2/c1-3-15(4-2)11(17)9-13-8-10(16)14-7-5-6-12/h13H,3-5,7-9H2,1-2H3,(H,14,16). The van der Waals surface area contributed by atoms with Gasteiger partial charge in [-0.1, -0.05) is 0 Å². The molecule has 2 N–H and O–H groups in total. The van der Waals surface area contributed by atoms with Gasteiger partial charge < -0.3 is 10.2 Å². The quantitative estimate of drug-likeness (QED) is 0.559. The number of amides is 2. The fourth-order valence-electron chi connectivity index (χ4n) is 1.29. The molecule has 0 rings (SSSR count). The molecule has 0 aromatic rings. The normalized spacial score (nSPS) is 9.47. The first kappa shape index (κ1) is 15.4. The molecule has 0 atom stereocenters. The van der Waals surface area contributed by atoms with Crippen molar-refractivity contribution in [3.05, 3.63) is 0 Å². The number of nitrogens with one attached hydrogen (secondary N) is 2. The maximum absolute atomic E-state index is 11.5. The molecule has 0 radical (unpaired) electrons. The summed E-state index contributed by atoms with van der Waals surface area (Å²) < 4.78 is 0. The smallest absolute Gasteiger partial charge is 0.236 e. The lowest BCUT2D eigenvalue weighted by atomic mass is 10.4. The highest BCUT2D eigenvalue weighted by Gasteiger charge is 2.09. The van der Waals surface area contributed by atoms with Gasteiger partial charge in [0.15, 0.2) is 0 Å². The third-order valence-corrected chi connectivity index (χ3v) is 2.24. The topological polar surface area (TPSA) is 85.2 Å². The van der Waals surface area contributed by atoms with E-state index in [1.54, 1.807) is 4.90 Å². The summed E-state index contributed by atoms with van der Waals surface area (Å²) in [5.41, 5.74) is 0. The summed E-state index contributed by atoms with van der Waals surface area (Å²) in [6, 6.07) is 1.93. The molecule has 0 aliphatic carbocycles. The van der Waals surface area contributed by atoms with Crippen molar-refractivity contribution in [2.45, 2.75) is 20.3 Å². The zero-order valence-corrected chi connectivity index (χ0v) is 10.5. The van der Waals surface area contributed by atoms with Crippen LogP contribution in [-0.4, -0.2) is 49.4 Å². The molecule has 6 nitrogen and oxygen atoms in total. The van der Waals surface area contributed by atoms with Crippen molar-refractivity contribution >= 4 is 11.8 Å². The van der Waals surface area contributed by atoms with Crippen molar-refractivity contribution in [1.82, 2.24) is 15.5 Å². The highest BCUT2D eigenvalue weighted by molar-refractivity contribution is 5.81. The molecule has 17 heavy (non-hydrogen) atoms. The Bertz CT molecular complexity index is 282. The number of carbonyl (C=O) groups is 2. The zero-order chi connectivity index (χ0) is 13.1. The molecular weight excluding hydrogens is 220 g/mol. The van der Waals surface area contributed by atoms with Gasteiger partial charge in [-0.25, -0.2) is 0 Å². The average molecular weight is 240 g/mol. The summed E-state index contributed by atoms with van der Waals surface area (Å²) in [6.07, 6.45) is 0.296. The minimum absolute atomic E-state index is 0.0141. The predicted octanol–water partition coefficient (Wildman–Crippen LogP) is -0.526. The van der Waals surface area contributed by atoms with Gasteiger partial charge in [-0.2, -0.15) is 5.26 Å². The van der Waals surface area contributed by atoms with Crippen molar-refractivity contribution in [2.75, 3.05) is 32.7 Å². The average Bonchev–Trinajstić information content (AvgIpc) is 2.31. The largest absolute Gasteiger partial charge is 0.354 e. The van der Waals surface area contributed by atoms with Gasteiger partial charge in [-0.3, -0.25) is 14.9 Å². The van der Waals surface area contributed by atoms with E-state index < -0.39 is 0 Å². The second kappa shape index (κ2) is 9.60. The molecule has 0 unspecified atom stereocenters. The minimum atomic E-state index is -0.201. The van der Waals surface area contributed by atoms with E-state index in [0.29, 0.717) is 26.1 Å². The molecule has 0 saturated heterocycles. The second-order valence-corrected chi connectivity index (χ2v) is 3.43. The number of likely N-dealkylation sites (N-methyl/N-ethyl adjacent to an activating group) is 1. The Morgan fingerprint density at radius 2 is 1.88 bits per heavy atom. The van der Waals surface area contributed by atoms with Crippen LogP contribution in [0.25, 0.3) is 0 Å². The number of rotatable bonds is 8. The molecule has 6 heteroatoms. The summed E-state index contributed by atoms with van der Waals surface area (Å²) in [7, 11) is 0. The zero-order valence-electron chi connectivity index (χ0n) is 10.5. The molecule has 0 bridgehead atoms. The molecule has 0 saturated carbocycles. The van der Waals surface area contributed by atoms with Gasteiger partial charge in [0.05, 0.1) is 25.6 Å². The summed E-state index contributed by atoms with van der Waals surface area (Å²) >= 11 is 0. The molecule has 0 aliphatic rings. The Morgan fingerprint density at radius 1 is 1.24 bits per heavy atom. The number of nitrogens with zero attached hydrogens (tertiary/aromatic N) is 2. The van der Waals surface area contributed by atoms with E-state index in [9.17, 15) is 9.59 Å². The van der Waals surface area contributed by atoms with Crippen LogP contribution < -0.4 is 10.6 Å². The van der Waals surface area contributed by atoms with E-state index in [-0.39, 0.29) is 24.9 Å². The lowest BCUT2D eigenvalue weighted by molar-refractivity contribution is -0.129. The van der Waals surface area contributed by atoms with Crippen LogP contribution in [0.1, 0.15) is 20.3 Å². The number of hydrogen-bond donors (Lipinski definition) is 2. The maximum Gasteiger partial charge on any atom is 0.236 e. The van der Waals surface area contributed by atoms with Gasteiger partial charge in [0.25, 0.3) is 0 Å². The van der Waals surface area contributed by atoms with E-state index in [0.717, 1.165) is 0 Å². The van der Waals surface area contributed by atoms with Crippen LogP contribution in [0.5, 0.6) is 0 Å². The molecule has 0 aromatic heterocycles. The molecule has 0 spiro atoms. The molecule has 0 heterocycles. The van der Waals surface area contributed by atoms with Crippen LogP contribution >= 0.6 is 0 Å². The first-order valence-electron chi connectivity index (χ1n) is 5.77. The van der Waals surface area contributed by atoms with E-state index in [1.165, 1.54) is 0 Å². The monoisotopic (exact) mass is 240 g/mol. The van der Waals surface area contributed by atoms with Crippen LogP contribution in [0.15, 0.2) is 0 Å². The van der Waals surface area contributed by atoms with Gasteiger partial charge in [0.1, 0.15) is 0 Å². The van der Waals surface area contributed by atoms with Gasteiger partial charge >= 0.3 is 0 Å². The van der Waals surface area contributed by atoms with Gasteiger partial charge in [0, 0.05) is 19.6 Å². The third kappa shape index (κ3) is 7.30. The molecule has 0 fully saturated rings. The summed E-state index contributed by atoms with van der Waals surface area (Å²) in [4.78, 5) is 24.4. The van der Waals surface area contributed by atoms with Crippen molar-refractivity contribution in [3.63, 3.8) is 0 Å². The Labute approximate surface area is 102 Å². The summed E-state index contributed by atoms with van der Waals surface area (Å²) in [5.74, 6) is -0.215. The lowest BCUT2D eigenvalue weighted by Crippen LogP contribution is -2.41. The van der Waals surface area contributed by atoms with Crippen LogP contribution in [0.4, 0.5) is 0 Å². The third-order valence-electron chi connectivity index (χ3n) is 2.24. The lowest BCUT2D eigenvalue weighted by Gasteiger charge is -2.18. The highest BCUT2D eigenvalue weighted by Crippen LogP contribution is 1.86.